The first kappa shape index (κ1) is 11.7. The monoisotopic (exact) mass is 228 g/mol. The van der Waals surface area contributed by atoms with Crippen LogP contribution in [0, 0.1) is 0 Å². The minimum absolute atomic E-state index is 0.457. The Morgan fingerprint density at radius 1 is 1.13 bits per heavy atom. The standard InChI is InChI=1S/C12H24N2S/c1-15-12-5-3-2-4-11(12)14-10-7-6-9(13)8-10/h9-12,14H,2-8,13H2,1H3. The average Bonchev–Trinajstić information content (AvgIpc) is 2.65. The summed E-state index contributed by atoms with van der Waals surface area (Å²) in [6, 6.07) is 1.92. The zero-order valence-corrected chi connectivity index (χ0v) is 10.6. The van der Waals surface area contributed by atoms with Crippen LogP contribution in [0.3, 0.4) is 0 Å². The van der Waals surface area contributed by atoms with E-state index >= 15 is 0 Å². The van der Waals surface area contributed by atoms with Crippen molar-refractivity contribution in [2.45, 2.75) is 68.3 Å². The summed E-state index contributed by atoms with van der Waals surface area (Å²) >= 11 is 2.04. The molecule has 2 nitrogen and oxygen atoms in total. The topological polar surface area (TPSA) is 38.0 Å². The second kappa shape index (κ2) is 5.55. The number of nitrogens with two attached hydrogens (primary N) is 1. The molecule has 88 valence electrons. The Morgan fingerprint density at radius 2 is 1.93 bits per heavy atom. The summed E-state index contributed by atoms with van der Waals surface area (Å²) < 4.78 is 0. The van der Waals surface area contributed by atoms with Gasteiger partial charge in [0.25, 0.3) is 0 Å². The van der Waals surface area contributed by atoms with Crippen molar-refractivity contribution in [2.24, 2.45) is 5.73 Å². The van der Waals surface area contributed by atoms with Crippen LogP contribution >= 0.6 is 11.8 Å². The highest BCUT2D eigenvalue weighted by molar-refractivity contribution is 7.99. The van der Waals surface area contributed by atoms with Crippen molar-refractivity contribution in [2.75, 3.05) is 6.26 Å². The minimum atomic E-state index is 0.457. The summed E-state index contributed by atoms with van der Waals surface area (Å²) in [5.41, 5.74) is 5.95. The first-order valence-corrected chi connectivity index (χ1v) is 7.63. The summed E-state index contributed by atoms with van der Waals surface area (Å²) in [5.74, 6) is 0. The predicted molar refractivity (Wildman–Crippen MR) is 68.3 cm³/mol. The normalized spacial score (nSPS) is 42.0. The zero-order valence-electron chi connectivity index (χ0n) is 9.74. The summed E-state index contributed by atoms with van der Waals surface area (Å²) in [5, 5.41) is 4.69. The smallest absolute Gasteiger partial charge is 0.0198 e. The fraction of sp³-hybridized carbons (Fsp3) is 1.00. The van der Waals surface area contributed by atoms with E-state index in [9.17, 15) is 0 Å². The van der Waals surface area contributed by atoms with E-state index in [1.54, 1.807) is 0 Å². The van der Waals surface area contributed by atoms with Gasteiger partial charge in [-0.1, -0.05) is 12.8 Å². The number of hydrogen-bond acceptors (Lipinski definition) is 3. The Hall–Kier alpha value is 0.270. The van der Waals surface area contributed by atoms with Crippen molar-refractivity contribution in [3.8, 4) is 0 Å². The maximum Gasteiger partial charge on any atom is 0.0198 e. The van der Waals surface area contributed by atoms with Crippen molar-refractivity contribution in [3.63, 3.8) is 0 Å². The fourth-order valence-corrected chi connectivity index (χ4v) is 3.99. The van der Waals surface area contributed by atoms with Gasteiger partial charge in [-0.3, -0.25) is 0 Å². The molecule has 0 radical (unpaired) electrons. The molecule has 0 spiro atoms. The van der Waals surface area contributed by atoms with Crippen LogP contribution in [0.1, 0.15) is 44.9 Å². The molecule has 3 heteroatoms. The Kier molecular flexibility index (Phi) is 4.35. The lowest BCUT2D eigenvalue weighted by Gasteiger charge is -2.33. The third kappa shape index (κ3) is 3.11. The largest absolute Gasteiger partial charge is 0.328 e. The molecular formula is C12H24N2S. The number of nitrogens with one attached hydrogen (secondary N) is 1. The average molecular weight is 228 g/mol. The van der Waals surface area contributed by atoms with E-state index < -0.39 is 0 Å². The van der Waals surface area contributed by atoms with E-state index in [-0.39, 0.29) is 0 Å². The first-order valence-electron chi connectivity index (χ1n) is 6.34. The lowest BCUT2D eigenvalue weighted by molar-refractivity contribution is 0.345. The van der Waals surface area contributed by atoms with Gasteiger partial charge in [0.05, 0.1) is 0 Å². The lowest BCUT2D eigenvalue weighted by Crippen LogP contribution is -2.45. The third-order valence-electron chi connectivity index (χ3n) is 3.93. The molecule has 0 aromatic rings. The third-order valence-corrected chi connectivity index (χ3v) is 5.10. The number of thioether (sulfide) groups is 1. The molecule has 2 rings (SSSR count). The van der Waals surface area contributed by atoms with Crippen LogP contribution in [-0.2, 0) is 0 Å². The fourth-order valence-electron chi connectivity index (χ4n) is 3.04. The maximum absolute atomic E-state index is 5.95. The van der Waals surface area contributed by atoms with E-state index in [4.69, 9.17) is 5.73 Å². The molecule has 0 heterocycles. The van der Waals surface area contributed by atoms with Gasteiger partial charge >= 0.3 is 0 Å². The Morgan fingerprint density at radius 3 is 2.60 bits per heavy atom. The zero-order chi connectivity index (χ0) is 10.7. The van der Waals surface area contributed by atoms with Crippen LogP contribution in [0.15, 0.2) is 0 Å². The molecule has 2 saturated carbocycles. The second-order valence-corrected chi connectivity index (χ2v) is 6.18. The van der Waals surface area contributed by atoms with Gasteiger partial charge in [0, 0.05) is 23.4 Å². The van der Waals surface area contributed by atoms with Crippen LogP contribution in [0.4, 0.5) is 0 Å². The molecule has 0 amide bonds. The highest BCUT2D eigenvalue weighted by Crippen LogP contribution is 2.29. The van der Waals surface area contributed by atoms with Crippen molar-refractivity contribution < 1.29 is 0 Å². The molecule has 2 fully saturated rings. The van der Waals surface area contributed by atoms with E-state index in [2.05, 4.69) is 11.6 Å². The molecule has 0 aromatic heterocycles. The molecule has 3 N–H and O–H groups in total. The Balaban J connectivity index is 1.81. The van der Waals surface area contributed by atoms with Crippen LogP contribution in [0.2, 0.25) is 0 Å². The van der Waals surface area contributed by atoms with E-state index in [0.717, 1.165) is 11.3 Å². The maximum atomic E-state index is 5.95. The molecule has 0 bridgehead atoms. The molecular weight excluding hydrogens is 204 g/mol. The summed E-state index contributed by atoms with van der Waals surface area (Å²) in [4.78, 5) is 0. The summed E-state index contributed by atoms with van der Waals surface area (Å²) in [7, 11) is 0. The van der Waals surface area contributed by atoms with Crippen LogP contribution in [0.5, 0.6) is 0 Å². The molecule has 4 atom stereocenters. The molecule has 0 aromatic carbocycles. The van der Waals surface area contributed by atoms with Crippen molar-refractivity contribution in [1.82, 2.24) is 5.32 Å². The molecule has 0 saturated heterocycles. The van der Waals surface area contributed by atoms with Gasteiger partial charge in [0.1, 0.15) is 0 Å². The SMILES string of the molecule is CSC1CCCCC1NC1CCC(N)C1. The van der Waals surface area contributed by atoms with E-state index in [0.29, 0.717) is 12.1 Å². The van der Waals surface area contributed by atoms with E-state index in [1.807, 2.05) is 11.8 Å². The Labute approximate surface area is 97.8 Å². The van der Waals surface area contributed by atoms with Gasteiger partial charge in [-0.25, -0.2) is 0 Å². The van der Waals surface area contributed by atoms with Gasteiger partial charge in [-0.15, -0.1) is 0 Å². The first-order chi connectivity index (χ1) is 7.29. The van der Waals surface area contributed by atoms with E-state index in [1.165, 1.54) is 44.9 Å². The van der Waals surface area contributed by atoms with Crippen LogP contribution < -0.4 is 11.1 Å². The second-order valence-electron chi connectivity index (χ2n) is 5.10. The van der Waals surface area contributed by atoms with Crippen molar-refractivity contribution in [3.05, 3.63) is 0 Å². The minimum Gasteiger partial charge on any atom is -0.328 e. The number of rotatable bonds is 3. The Bertz CT molecular complexity index is 198. The summed E-state index contributed by atoms with van der Waals surface area (Å²) in [6.07, 6.45) is 11.6. The lowest BCUT2D eigenvalue weighted by atomic mass is 9.94. The van der Waals surface area contributed by atoms with Crippen LogP contribution in [0.25, 0.3) is 0 Å². The molecule has 4 unspecified atom stereocenters. The highest BCUT2D eigenvalue weighted by Gasteiger charge is 2.29. The van der Waals surface area contributed by atoms with Crippen molar-refractivity contribution >= 4 is 11.8 Å². The van der Waals surface area contributed by atoms with Gasteiger partial charge in [-0.2, -0.15) is 11.8 Å². The van der Waals surface area contributed by atoms with Crippen LogP contribution in [-0.4, -0.2) is 29.6 Å². The quantitative estimate of drug-likeness (QED) is 0.777. The van der Waals surface area contributed by atoms with Gasteiger partial charge < -0.3 is 11.1 Å². The van der Waals surface area contributed by atoms with Gasteiger partial charge in [0.15, 0.2) is 0 Å². The molecule has 2 aliphatic rings. The van der Waals surface area contributed by atoms with Gasteiger partial charge in [-0.05, 0) is 38.4 Å². The predicted octanol–water partition coefficient (Wildman–Crippen LogP) is 2.13. The molecule has 0 aliphatic heterocycles. The molecule has 15 heavy (non-hydrogen) atoms. The van der Waals surface area contributed by atoms with Gasteiger partial charge in [0.2, 0.25) is 0 Å². The molecule has 2 aliphatic carbocycles. The summed E-state index contributed by atoms with van der Waals surface area (Å²) in [6.45, 7) is 0. The van der Waals surface area contributed by atoms with Crippen molar-refractivity contribution in [1.29, 1.82) is 0 Å². The highest BCUT2D eigenvalue weighted by atomic mass is 32.2. The number of hydrogen-bond donors (Lipinski definition) is 2.